The Kier molecular flexibility index (Phi) is 5.31. The zero-order valence-corrected chi connectivity index (χ0v) is 13.2. The minimum atomic E-state index is -0.141. The summed E-state index contributed by atoms with van der Waals surface area (Å²) in [5.74, 6) is 1.16. The zero-order chi connectivity index (χ0) is 14.5. The molecule has 0 amide bonds. The molecule has 1 saturated heterocycles. The van der Waals surface area contributed by atoms with Crippen molar-refractivity contribution < 1.29 is 9.53 Å². The summed E-state index contributed by atoms with van der Waals surface area (Å²) in [7, 11) is 1.43. The van der Waals surface area contributed by atoms with Crippen molar-refractivity contribution in [2.75, 3.05) is 44.7 Å². The first-order valence-electron chi connectivity index (χ1n) is 6.98. The smallest absolute Gasteiger partial charge is 0.306 e. The number of anilines is 1. The third kappa shape index (κ3) is 3.89. The second-order valence-corrected chi connectivity index (χ2v) is 5.97. The van der Waals surface area contributed by atoms with E-state index in [1.807, 2.05) is 0 Å². The van der Waals surface area contributed by atoms with Gasteiger partial charge in [-0.1, -0.05) is 13.8 Å². The van der Waals surface area contributed by atoms with Crippen molar-refractivity contribution in [1.82, 2.24) is 14.3 Å². The third-order valence-electron chi connectivity index (χ3n) is 3.45. The maximum absolute atomic E-state index is 11.1. The van der Waals surface area contributed by atoms with Crippen LogP contribution in [0.5, 0.6) is 0 Å². The number of hydrogen-bond acceptors (Lipinski definition) is 7. The highest BCUT2D eigenvalue weighted by Gasteiger charge is 2.20. The number of piperazine rings is 1. The van der Waals surface area contributed by atoms with Gasteiger partial charge >= 0.3 is 5.97 Å². The molecule has 1 aromatic heterocycles. The molecular weight excluding hydrogens is 276 g/mol. The van der Waals surface area contributed by atoms with Gasteiger partial charge in [0.15, 0.2) is 0 Å². The lowest BCUT2D eigenvalue weighted by atomic mass is 10.2. The largest absolute Gasteiger partial charge is 0.469 e. The van der Waals surface area contributed by atoms with Crippen LogP contribution in [0.3, 0.4) is 0 Å². The molecule has 0 radical (unpaired) electrons. The number of carbonyl (C=O) groups is 1. The van der Waals surface area contributed by atoms with E-state index in [9.17, 15) is 4.79 Å². The van der Waals surface area contributed by atoms with Crippen molar-refractivity contribution in [2.24, 2.45) is 0 Å². The third-order valence-corrected chi connectivity index (χ3v) is 4.24. The molecule has 0 saturated carbocycles. The summed E-state index contributed by atoms with van der Waals surface area (Å²) in [6.07, 6.45) is 0.465. The van der Waals surface area contributed by atoms with Gasteiger partial charge in [-0.2, -0.15) is 4.37 Å². The molecule has 0 aliphatic carbocycles. The van der Waals surface area contributed by atoms with E-state index >= 15 is 0 Å². The lowest BCUT2D eigenvalue weighted by Crippen LogP contribution is -2.47. The maximum atomic E-state index is 11.1. The van der Waals surface area contributed by atoms with Crippen molar-refractivity contribution in [3.8, 4) is 0 Å². The highest BCUT2D eigenvalue weighted by Crippen LogP contribution is 2.22. The Hall–Kier alpha value is -1.21. The van der Waals surface area contributed by atoms with Crippen LogP contribution >= 0.6 is 11.5 Å². The number of ether oxygens (including phenoxy) is 1. The minimum Gasteiger partial charge on any atom is -0.469 e. The lowest BCUT2D eigenvalue weighted by molar-refractivity contribution is -0.141. The Bertz CT molecular complexity index is 441. The predicted molar refractivity (Wildman–Crippen MR) is 79.3 cm³/mol. The van der Waals surface area contributed by atoms with Crippen molar-refractivity contribution in [1.29, 1.82) is 0 Å². The molecule has 0 atom stereocenters. The van der Waals surface area contributed by atoms with Crippen LogP contribution in [-0.2, 0) is 9.53 Å². The van der Waals surface area contributed by atoms with E-state index in [0.717, 1.165) is 43.7 Å². The number of methoxy groups -OCH3 is 1. The average molecular weight is 298 g/mol. The maximum Gasteiger partial charge on any atom is 0.306 e. The van der Waals surface area contributed by atoms with Crippen molar-refractivity contribution in [3.63, 3.8) is 0 Å². The molecule has 0 unspecified atom stereocenters. The standard InChI is InChI=1S/C13H22N4O2S/c1-10(2)12-14-13(20-15-12)17-8-6-16(7-9-17)5-4-11(18)19-3/h10H,4-9H2,1-3H3. The van der Waals surface area contributed by atoms with Gasteiger partial charge < -0.3 is 9.64 Å². The van der Waals surface area contributed by atoms with Crippen LogP contribution in [0.2, 0.25) is 0 Å². The molecule has 6 nitrogen and oxygen atoms in total. The van der Waals surface area contributed by atoms with Gasteiger partial charge in [0, 0.05) is 50.2 Å². The lowest BCUT2D eigenvalue weighted by Gasteiger charge is -2.34. The molecule has 0 spiro atoms. The van der Waals surface area contributed by atoms with Crippen molar-refractivity contribution >= 4 is 22.6 Å². The molecule has 2 rings (SSSR count). The van der Waals surface area contributed by atoms with Gasteiger partial charge in [-0.25, -0.2) is 4.98 Å². The SMILES string of the molecule is COC(=O)CCN1CCN(c2nc(C(C)C)ns2)CC1. The van der Waals surface area contributed by atoms with Gasteiger partial charge in [0.1, 0.15) is 5.82 Å². The van der Waals surface area contributed by atoms with Gasteiger partial charge in [0.05, 0.1) is 13.5 Å². The number of nitrogens with zero attached hydrogens (tertiary/aromatic N) is 4. The molecule has 1 fully saturated rings. The molecule has 2 heterocycles. The average Bonchev–Trinajstić information content (AvgIpc) is 2.95. The van der Waals surface area contributed by atoms with E-state index in [1.165, 1.54) is 18.6 Å². The molecule has 1 aliphatic rings. The fraction of sp³-hybridized carbons (Fsp3) is 0.769. The van der Waals surface area contributed by atoms with E-state index in [0.29, 0.717) is 12.3 Å². The molecule has 0 aromatic carbocycles. The van der Waals surface area contributed by atoms with Gasteiger partial charge in [-0.15, -0.1) is 0 Å². The second-order valence-electron chi connectivity index (χ2n) is 5.24. The predicted octanol–water partition coefficient (Wildman–Crippen LogP) is 1.35. The second kappa shape index (κ2) is 6.99. The van der Waals surface area contributed by atoms with Gasteiger partial charge in [-0.05, 0) is 0 Å². The summed E-state index contributed by atoms with van der Waals surface area (Å²) in [4.78, 5) is 20.3. The molecule has 1 aliphatic heterocycles. The molecular formula is C13H22N4O2S. The van der Waals surface area contributed by atoms with Crippen LogP contribution in [0.15, 0.2) is 0 Å². The number of carbonyl (C=O) groups excluding carboxylic acids is 1. The Labute approximate surface area is 123 Å². The number of hydrogen-bond donors (Lipinski definition) is 0. The topological polar surface area (TPSA) is 58.6 Å². The summed E-state index contributed by atoms with van der Waals surface area (Å²) >= 11 is 1.48. The van der Waals surface area contributed by atoms with Crippen molar-refractivity contribution in [3.05, 3.63) is 5.82 Å². The van der Waals surface area contributed by atoms with E-state index < -0.39 is 0 Å². The highest BCUT2D eigenvalue weighted by atomic mass is 32.1. The van der Waals surface area contributed by atoms with Gasteiger partial charge in [0.2, 0.25) is 5.13 Å². The quantitative estimate of drug-likeness (QED) is 0.765. The molecule has 1 aromatic rings. The van der Waals surface area contributed by atoms with Crippen LogP contribution in [-0.4, -0.2) is 60.1 Å². The Morgan fingerprint density at radius 1 is 1.35 bits per heavy atom. The van der Waals surface area contributed by atoms with Crippen LogP contribution in [0, 0.1) is 0 Å². The summed E-state index contributed by atoms with van der Waals surface area (Å²) in [5.41, 5.74) is 0. The van der Waals surface area contributed by atoms with Gasteiger partial charge in [-0.3, -0.25) is 9.69 Å². The summed E-state index contributed by atoms with van der Waals surface area (Å²) < 4.78 is 9.06. The fourth-order valence-electron chi connectivity index (χ4n) is 2.10. The van der Waals surface area contributed by atoms with E-state index in [1.54, 1.807) is 0 Å². The fourth-order valence-corrected chi connectivity index (χ4v) is 2.96. The zero-order valence-electron chi connectivity index (χ0n) is 12.3. The molecule has 112 valence electrons. The number of aromatic nitrogens is 2. The normalized spacial score (nSPS) is 16.7. The molecule has 0 N–H and O–H groups in total. The van der Waals surface area contributed by atoms with E-state index in [2.05, 4.69) is 37.7 Å². The molecule has 7 heteroatoms. The molecule has 0 bridgehead atoms. The first-order valence-corrected chi connectivity index (χ1v) is 7.75. The summed E-state index contributed by atoms with van der Waals surface area (Å²) in [6, 6.07) is 0. The Morgan fingerprint density at radius 2 is 2.05 bits per heavy atom. The van der Waals surface area contributed by atoms with Crippen LogP contribution in [0.4, 0.5) is 5.13 Å². The molecule has 20 heavy (non-hydrogen) atoms. The number of esters is 1. The van der Waals surface area contributed by atoms with E-state index in [4.69, 9.17) is 0 Å². The van der Waals surface area contributed by atoms with Crippen LogP contribution < -0.4 is 4.90 Å². The first-order chi connectivity index (χ1) is 9.60. The van der Waals surface area contributed by atoms with E-state index in [-0.39, 0.29) is 5.97 Å². The van der Waals surface area contributed by atoms with Crippen molar-refractivity contribution in [2.45, 2.75) is 26.2 Å². The Balaban J connectivity index is 1.80. The minimum absolute atomic E-state index is 0.141. The van der Waals surface area contributed by atoms with Crippen LogP contribution in [0.25, 0.3) is 0 Å². The highest BCUT2D eigenvalue weighted by molar-refractivity contribution is 7.09. The van der Waals surface area contributed by atoms with Gasteiger partial charge in [0.25, 0.3) is 0 Å². The van der Waals surface area contributed by atoms with Crippen LogP contribution in [0.1, 0.15) is 32.0 Å². The Morgan fingerprint density at radius 3 is 2.60 bits per heavy atom. The summed E-state index contributed by atoms with van der Waals surface area (Å²) in [5, 5.41) is 1.02. The summed E-state index contributed by atoms with van der Waals surface area (Å²) in [6.45, 7) is 8.77. The monoisotopic (exact) mass is 298 g/mol. The first kappa shape index (κ1) is 15.2. The number of rotatable bonds is 5.